The number of rotatable bonds is 5. The third-order valence-corrected chi connectivity index (χ3v) is 5.61. The highest BCUT2D eigenvalue weighted by atomic mass is 32.2. The molecule has 2 N–H and O–H groups in total. The molecule has 0 spiro atoms. The van der Waals surface area contributed by atoms with Gasteiger partial charge in [-0.15, -0.1) is 0 Å². The van der Waals surface area contributed by atoms with Crippen LogP contribution in [-0.2, 0) is 27.4 Å². The number of halogens is 3. The maximum atomic E-state index is 13.0. The first-order chi connectivity index (χ1) is 14.1. The average Bonchev–Trinajstić information content (AvgIpc) is 3.13. The van der Waals surface area contributed by atoms with E-state index in [0.717, 1.165) is 23.8 Å². The number of ether oxygens (including phenoxy) is 1. The summed E-state index contributed by atoms with van der Waals surface area (Å²) in [6, 6.07) is 6.77. The molecule has 30 heavy (non-hydrogen) atoms. The van der Waals surface area contributed by atoms with Gasteiger partial charge in [0.25, 0.3) is 10.0 Å². The minimum absolute atomic E-state index is 0.0589. The number of alkyl halides is 3. The molecule has 1 aliphatic rings. The quantitative estimate of drug-likeness (QED) is 0.694. The highest BCUT2D eigenvalue weighted by Crippen LogP contribution is 2.33. The maximum Gasteiger partial charge on any atom is 0.416 e. The average molecular weight is 439 g/mol. The van der Waals surface area contributed by atoms with Gasteiger partial charge in [0.05, 0.1) is 29.2 Å². The number of nitrogens with one attached hydrogen (secondary N) is 1. The molecule has 1 heterocycles. The van der Waals surface area contributed by atoms with Crippen LogP contribution in [-0.4, -0.2) is 26.1 Å². The number of carbonyl (C=O) groups is 1. The second-order valence-electron chi connectivity index (χ2n) is 6.43. The van der Waals surface area contributed by atoms with Gasteiger partial charge in [0, 0.05) is 18.4 Å². The van der Waals surface area contributed by atoms with E-state index in [0.29, 0.717) is 18.8 Å². The van der Waals surface area contributed by atoms with Crippen LogP contribution in [0, 0.1) is 11.8 Å². The number of benzene rings is 2. The van der Waals surface area contributed by atoms with Crippen molar-refractivity contribution < 1.29 is 36.2 Å². The molecule has 0 saturated heterocycles. The van der Waals surface area contributed by atoms with E-state index in [4.69, 9.17) is 9.84 Å². The lowest BCUT2D eigenvalue weighted by atomic mass is 10.1. The Morgan fingerprint density at radius 1 is 1.20 bits per heavy atom. The lowest BCUT2D eigenvalue weighted by Crippen LogP contribution is -2.15. The molecular formula is C20H16F3NO5S. The van der Waals surface area contributed by atoms with Crippen LogP contribution in [0.4, 0.5) is 18.9 Å². The second-order valence-corrected chi connectivity index (χ2v) is 8.11. The highest BCUT2D eigenvalue weighted by molar-refractivity contribution is 7.92. The van der Waals surface area contributed by atoms with Crippen LogP contribution in [0.2, 0.25) is 0 Å². The summed E-state index contributed by atoms with van der Waals surface area (Å²) >= 11 is 0. The molecule has 2 aromatic rings. The maximum absolute atomic E-state index is 13.0. The summed E-state index contributed by atoms with van der Waals surface area (Å²) in [5.74, 6) is 4.39. The van der Waals surface area contributed by atoms with Crippen molar-refractivity contribution in [1.29, 1.82) is 0 Å². The van der Waals surface area contributed by atoms with Crippen molar-refractivity contribution >= 4 is 21.7 Å². The molecule has 158 valence electrons. The summed E-state index contributed by atoms with van der Waals surface area (Å²) in [5.41, 5.74) is -0.618. The van der Waals surface area contributed by atoms with E-state index < -0.39 is 27.7 Å². The Balaban J connectivity index is 1.94. The zero-order chi connectivity index (χ0) is 21.9. The topological polar surface area (TPSA) is 92.7 Å². The van der Waals surface area contributed by atoms with Gasteiger partial charge in [0.2, 0.25) is 0 Å². The fraction of sp³-hybridized carbons (Fsp3) is 0.250. The van der Waals surface area contributed by atoms with E-state index >= 15 is 0 Å². The Morgan fingerprint density at radius 3 is 2.67 bits per heavy atom. The summed E-state index contributed by atoms with van der Waals surface area (Å²) in [4.78, 5) is 10.5. The van der Waals surface area contributed by atoms with Gasteiger partial charge in [0.15, 0.2) is 0 Å². The summed E-state index contributed by atoms with van der Waals surface area (Å²) in [6.07, 6.45) is -4.47. The first kappa shape index (κ1) is 21.5. The fourth-order valence-electron chi connectivity index (χ4n) is 2.77. The van der Waals surface area contributed by atoms with Crippen molar-refractivity contribution in [3.05, 3.63) is 53.1 Å². The lowest BCUT2D eigenvalue weighted by molar-refractivity contribution is -0.138. The third kappa shape index (κ3) is 5.04. The normalized spacial score (nSPS) is 13.0. The van der Waals surface area contributed by atoms with E-state index in [1.807, 2.05) is 0 Å². The van der Waals surface area contributed by atoms with Crippen molar-refractivity contribution in [1.82, 2.24) is 0 Å². The van der Waals surface area contributed by atoms with Gasteiger partial charge in [-0.2, -0.15) is 13.2 Å². The lowest BCUT2D eigenvalue weighted by Gasteiger charge is -2.13. The minimum atomic E-state index is -4.64. The van der Waals surface area contributed by atoms with Crippen LogP contribution in [0.3, 0.4) is 0 Å². The molecule has 0 aromatic heterocycles. The molecule has 1 aliphatic heterocycles. The molecule has 0 unspecified atom stereocenters. The third-order valence-electron chi connectivity index (χ3n) is 4.25. The number of hydrogen-bond acceptors (Lipinski definition) is 4. The molecule has 0 saturated carbocycles. The SMILES string of the molecule is O=C(O)CCC#Cc1cc(C(F)(F)F)ccc1NS(=O)(=O)c1ccc2c(c1)CCO2. The fourth-order valence-corrected chi connectivity index (χ4v) is 3.90. The second kappa shape index (κ2) is 8.28. The zero-order valence-corrected chi connectivity index (χ0v) is 16.2. The van der Waals surface area contributed by atoms with Crippen molar-refractivity contribution in [3.63, 3.8) is 0 Å². The van der Waals surface area contributed by atoms with E-state index in [-0.39, 0.29) is 29.0 Å². The first-order valence-corrected chi connectivity index (χ1v) is 10.2. The number of carboxylic acids is 1. The highest BCUT2D eigenvalue weighted by Gasteiger charge is 2.31. The number of sulfonamides is 1. The van der Waals surface area contributed by atoms with Crippen LogP contribution in [0.25, 0.3) is 0 Å². The number of carboxylic acid groups (broad SMARTS) is 1. The molecular weight excluding hydrogens is 423 g/mol. The summed E-state index contributed by atoms with van der Waals surface area (Å²) in [5, 5.41) is 8.64. The Hall–Kier alpha value is -3.19. The molecule has 0 bridgehead atoms. The molecule has 6 nitrogen and oxygen atoms in total. The number of anilines is 1. The van der Waals surface area contributed by atoms with Crippen LogP contribution >= 0.6 is 0 Å². The number of hydrogen-bond donors (Lipinski definition) is 2. The Kier molecular flexibility index (Phi) is 5.94. The van der Waals surface area contributed by atoms with Gasteiger partial charge < -0.3 is 9.84 Å². The van der Waals surface area contributed by atoms with Gasteiger partial charge in [0.1, 0.15) is 5.75 Å². The van der Waals surface area contributed by atoms with Gasteiger partial charge in [-0.3, -0.25) is 9.52 Å². The first-order valence-electron chi connectivity index (χ1n) is 8.77. The van der Waals surface area contributed by atoms with E-state index in [2.05, 4.69) is 16.6 Å². The van der Waals surface area contributed by atoms with Gasteiger partial charge in [-0.25, -0.2) is 8.42 Å². The van der Waals surface area contributed by atoms with E-state index in [9.17, 15) is 26.4 Å². The van der Waals surface area contributed by atoms with Crippen LogP contribution in [0.1, 0.15) is 29.5 Å². The van der Waals surface area contributed by atoms with E-state index in [1.54, 1.807) is 0 Å². The van der Waals surface area contributed by atoms with Crippen LogP contribution in [0.15, 0.2) is 41.3 Å². The zero-order valence-electron chi connectivity index (χ0n) is 15.4. The summed E-state index contributed by atoms with van der Waals surface area (Å²) < 4.78 is 72.3. The predicted molar refractivity (Wildman–Crippen MR) is 102 cm³/mol. The van der Waals surface area contributed by atoms with Gasteiger partial charge >= 0.3 is 12.1 Å². The molecule has 10 heteroatoms. The molecule has 0 radical (unpaired) electrons. The Morgan fingerprint density at radius 2 is 1.97 bits per heavy atom. The smallest absolute Gasteiger partial charge is 0.416 e. The largest absolute Gasteiger partial charge is 0.493 e. The Labute approximate surface area is 170 Å². The number of aliphatic carboxylic acids is 1. The molecule has 0 fully saturated rings. The number of fused-ring (bicyclic) bond motifs is 1. The molecule has 2 aromatic carbocycles. The summed E-state index contributed by atoms with van der Waals surface area (Å²) in [7, 11) is -4.10. The molecule has 3 rings (SSSR count). The van der Waals surface area contributed by atoms with Gasteiger partial charge in [-0.1, -0.05) is 11.8 Å². The standard InChI is InChI=1S/C20H16F3NO5S/c21-20(22,23)15-5-7-17(13(11-15)3-1-2-4-19(25)26)24-30(27,28)16-6-8-18-14(12-16)9-10-29-18/h5-8,11-12,24H,2,4,9-10H2,(H,25,26). The predicted octanol–water partition coefficient (Wildman–Crippen LogP) is 3.66. The minimum Gasteiger partial charge on any atom is -0.493 e. The van der Waals surface area contributed by atoms with Crippen molar-refractivity contribution in [2.75, 3.05) is 11.3 Å². The molecule has 0 aliphatic carbocycles. The van der Waals surface area contributed by atoms with Crippen molar-refractivity contribution in [2.45, 2.75) is 30.3 Å². The van der Waals surface area contributed by atoms with Crippen molar-refractivity contribution in [3.8, 4) is 17.6 Å². The van der Waals surface area contributed by atoms with Crippen LogP contribution in [0.5, 0.6) is 5.75 Å². The molecule has 0 amide bonds. The molecule has 0 atom stereocenters. The van der Waals surface area contributed by atoms with E-state index in [1.165, 1.54) is 18.2 Å². The monoisotopic (exact) mass is 439 g/mol. The van der Waals surface area contributed by atoms with Gasteiger partial charge in [-0.05, 0) is 42.0 Å². The van der Waals surface area contributed by atoms with Crippen LogP contribution < -0.4 is 9.46 Å². The Bertz CT molecular complexity index is 1150. The summed E-state index contributed by atoms with van der Waals surface area (Å²) in [6.45, 7) is 0.446. The van der Waals surface area contributed by atoms with Crippen molar-refractivity contribution in [2.24, 2.45) is 0 Å².